The van der Waals surface area contributed by atoms with Gasteiger partial charge < -0.3 is 14.6 Å². The Morgan fingerprint density at radius 3 is 2.78 bits per heavy atom. The van der Waals surface area contributed by atoms with Crippen LogP contribution in [0.5, 0.6) is 11.5 Å². The fraction of sp³-hybridized carbons (Fsp3) is 0.364. The van der Waals surface area contributed by atoms with Crippen LogP contribution in [0.15, 0.2) is 18.2 Å². The number of aliphatic hydroxyl groups is 1. The highest BCUT2D eigenvalue weighted by molar-refractivity contribution is 6.38. The second kappa shape index (κ2) is 4.66. The SMILES string of the molecule is [B]C([B])(O)NC(C)C(=O)c1ccc2c(c1)OCO2. The van der Waals surface area contributed by atoms with Crippen molar-refractivity contribution in [2.24, 2.45) is 0 Å². The third kappa shape index (κ3) is 2.86. The van der Waals surface area contributed by atoms with Crippen LogP contribution in [0.1, 0.15) is 17.3 Å². The molecule has 0 bridgehead atoms. The molecular weight excluding hydrogens is 232 g/mol. The molecule has 0 spiro atoms. The van der Waals surface area contributed by atoms with Crippen molar-refractivity contribution in [3.05, 3.63) is 23.8 Å². The van der Waals surface area contributed by atoms with Gasteiger partial charge >= 0.3 is 0 Å². The standard InChI is InChI=1S/C11H11B2NO4/c1-6(14-11(12,13)16)10(15)7-2-3-8-9(4-7)18-5-17-8/h2-4,6,14,16H,5H2,1H3. The Kier molecular flexibility index (Phi) is 3.36. The van der Waals surface area contributed by atoms with Crippen LogP contribution in [0.2, 0.25) is 0 Å². The molecule has 1 aromatic carbocycles. The summed E-state index contributed by atoms with van der Waals surface area (Å²) in [7, 11) is 10.3. The molecule has 0 saturated heterocycles. The second-order valence-electron chi connectivity index (χ2n) is 4.12. The molecule has 0 fully saturated rings. The number of nitrogens with one attached hydrogen (secondary N) is 1. The van der Waals surface area contributed by atoms with Gasteiger partial charge in [0.1, 0.15) is 15.7 Å². The normalized spacial score (nSPS) is 15.4. The first-order valence-electron chi connectivity index (χ1n) is 5.38. The zero-order valence-electron chi connectivity index (χ0n) is 9.84. The fourth-order valence-electron chi connectivity index (χ4n) is 1.71. The summed E-state index contributed by atoms with van der Waals surface area (Å²) in [5.74, 6) is 0.854. The first kappa shape index (κ1) is 13.0. The molecule has 0 aliphatic carbocycles. The maximum Gasteiger partial charge on any atom is 0.231 e. The number of hydrogen-bond donors (Lipinski definition) is 2. The molecule has 7 heteroatoms. The average molecular weight is 243 g/mol. The average Bonchev–Trinajstić information content (AvgIpc) is 2.72. The summed E-state index contributed by atoms with van der Waals surface area (Å²) in [6.45, 7) is 1.70. The Balaban J connectivity index is 2.14. The molecule has 1 aliphatic rings. The van der Waals surface area contributed by atoms with Crippen LogP contribution in [0.4, 0.5) is 0 Å². The van der Waals surface area contributed by atoms with E-state index in [-0.39, 0.29) is 12.6 Å². The second-order valence-corrected chi connectivity index (χ2v) is 4.12. The molecule has 2 rings (SSSR count). The molecule has 1 aliphatic heterocycles. The van der Waals surface area contributed by atoms with E-state index in [9.17, 15) is 9.90 Å². The number of ketones is 1. The van der Waals surface area contributed by atoms with Crippen LogP contribution < -0.4 is 14.8 Å². The zero-order chi connectivity index (χ0) is 13.3. The van der Waals surface area contributed by atoms with Crippen LogP contribution in [-0.4, -0.2) is 44.9 Å². The number of carbonyl (C=O) groups is 1. The minimum absolute atomic E-state index is 0.145. The lowest BCUT2D eigenvalue weighted by molar-refractivity contribution is 0.0889. The first-order valence-corrected chi connectivity index (χ1v) is 5.38. The molecule has 4 radical (unpaired) electrons. The number of Topliss-reactive ketones (excluding diaryl/α,β-unsaturated/α-hetero) is 1. The Morgan fingerprint density at radius 1 is 1.44 bits per heavy atom. The predicted molar refractivity (Wildman–Crippen MR) is 66.0 cm³/mol. The number of ether oxygens (including phenoxy) is 2. The van der Waals surface area contributed by atoms with E-state index in [2.05, 4.69) is 5.32 Å². The quantitative estimate of drug-likeness (QED) is 0.424. The van der Waals surface area contributed by atoms with Gasteiger partial charge in [-0.15, -0.1) is 0 Å². The molecule has 0 amide bonds. The summed E-state index contributed by atoms with van der Waals surface area (Å²) in [5, 5.41) is 11.6. The van der Waals surface area contributed by atoms with E-state index < -0.39 is 11.6 Å². The van der Waals surface area contributed by atoms with Crippen LogP contribution in [0.25, 0.3) is 0 Å². The Morgan fingerprint density at radius 2 is 2.11 bits per heavy atom. The van der Waals surface area contributed by atoms with Gasteiger partial charge in [0.25, 0.3) is 0 Å². The summed E-state index contributed by atoms with van der Waals surface area (Å²) < 4.78 is 10.3. The fourth-order valence-corrected chi connectivity index (χ4v) is 1.71. The van der Waals surface area contributed by atoms with Crippen LogP contribution in [-0.2, 0) is 0 Å². The van der Waals surface area contributed by atoms with Crippen LogP contribution in [0.3, 0.4) is 0 Å². The van der Waals surface area contributed by atoms with E-state index >= 15 is 0 Å². The van der Waals surface area contributed by atoms with Crippen molar-refractivity contribution in [2.75, 3.05) is 6.79 Å². The molecule has 0 aromatic heterocycles. The molecule has 1 unspecified atom stereocenters. The summed E-state index contributed by atoms with van der Waals surface area (Å²) >= 11 is 0. The number of fused-ring (bicyclic) bond motifs is 1. The van der Waals surface area contributed by atoms with Crippen LogP contribution >= 0.6 is 0 Å². The molecule has 1 aromatic rings. The summed E-state index contributed by atoms with van der Waals surface area (Å²) in [6.07, 6.45) is 0. The van der Waals surface area contributed by atoms with E-state index in [4.69, 9.17) is 25.2 Å². The van der Waals surface area contributed by atoms with Gasteiger partial charge in [0.2, 0.25) is 6.79 Å². The third-order valence-electron chi connectivity index (χ3n) is 2.50. The van der Waals surface area contributed by atoms with Crippen molar-refractivity contribution in [3.63, 3.8) is 0 Å². The molecule has 1 atom stereocenters. The molecule has 5 nitrogen and oxygen atoms in total. The van der Waals surface area contributed by atoms with Gasteiger partial charge in [0, 0.05) is 11.1 Å². The molecular formula is C11H11B2NO4. The van der Waals surface area contributed by atoms with Gasteiger partial charge in [-0.3, -0.25) is 10.1 Å². The lowest BCUT2D eigenvalue weighted by Crippen LogP contribution is -2.53. The van der Waals surface area contributed by atoms with Gasteiger partial charge in [-0.05, 0) is 25.1 Å². The van der Waals surface area contributed by atoms with E-state index in [1.807, 2.05) is 0 Å². The first-order chi connectivity index (χ1) is 8.37. The number of rotatable bonds is 4. The van der Waals surface area contributed by atoms with Crippen molar-refractivity contribution in [2.45, 2.75) is 18.5 Å². The van der Waals surface area contributed by atoms with Gasteiger partial charge in [0.05, 0.1) is 6.04 Å². The van der Waals surface area contributed by atoms with Gasteiger partial charge in [-0.1, -0.05) is 0 Å². The molecule has 0 saturated carbocycles. The highest BCUT2D eigenvalue weighted by atomic mass is 16.7. The highest BCUT2D eigenvalue weighted by Gasteiger charge is 2.23. The van der Waals surface area contributed by atoms with E-state index in [0.717, 1.165) is 0 Å². The molecule has 2 N–H and O–H groups in total. The summed E-state index contributed by atoms with van der Waals surface area (Å²) in [4.78, 5) is 12.0. The largest absolute Gasteiger partial charge is 0.454 e. The topological polar surface area (TPSA) is 67.8 Å². The number of hydrogen-bond acceptors (Lipinski definition) is 5. The van der Waals surface area contributed by atoms with Gasteiger partial charge in [-0.2, -0.15) is 0 Å². The van der Waals surface area contributed by atoms with Crippen LogP contribution in [0, 0.1) is 0 Å². The smallest absolute Gasteiger partial charge is 0.231 e. The molecule has 90 valence electrons. The number of benzene rings is 1. The predicted octanol–water partition coefficient (Wildman–Crippen LogP) is -0.483. The summed E-state index contributed by atoms with van der Waals surface area (Å²) in [5.41, 5.74) is -1.67. The van der Waals surface area contributed by atoms with Crippen molar-refractivity contribution in [3.8, 4) is 11.5 Å². The Hall–Kier alpha value is -1.46. The van der Waals surface area contributed by atoms with Gasteiger partial charge in [0.15, 0.2) is 17.3 Å². The van der Waals surface area contributed by atoms with E-state index in [1.54, 1.807) is 25.1 Å². The maximum atomic E-state index is 12.0. The highest BCUT2D eigenvalue weighted by Crippen LogP contribution is 2.32. The maximum absolute atomic E-state index is 12.0. The van der Waals surface area contributed by atoms with E-state index in [1.165, 1.54) is 0 Å². The van der Waals surface area contributed by atoms with Crippen molar-refractivity contribution < 1.29 is 19.4 Å². The summed E-state index contributed by atoms with van der Waals surface area (Å²) in [6, 6.07) is 4.11. The van der Waals surface area contributed by atoms with Crippen molar-refractivity contribution in [1.82, 2.24) is 5.32 Å². The zero-order valence-corrected chi connectivity index (χ0v) is 9.84. The minimum Gasteiger partial charge on any atom is -0.454 e. The third-order valence-corrected chi connectivity index (χ3v) is 2.50. The molecule has 1 heterocycles. The van der Waals surface area contributed by atoms with E-state index in [0.29, 0.717) is 17.1 Å². The monoisotopic (exact) mass is 243 g/mol. The minimum atomic E-state index is -2.09. The Labute approximate surface area is 107 Å². The molecule has 18 heavy (non-hydrogen) atoms. The lowest BCUT2D eigenvalue weighted by atomic mass is 9.73. The number of carbonyl (C=O) groups excluding carboxylic acids is 1. The van der Waals surface area contributed by atoms with Crippen molar-refractivity contribution >= 4 is 21.5 Å². The van der Waals surface area contributed by atoms with Crippen molar-refractivity contribution in [1.29, 1.82) is 0 Å². The van der Waals surface area contributed by atoms with Gasteiger partial charge in [-0.25, -0.2) is 0 Å². The Bertz CT molecular complexity index is 473. The lowest BCUT2D eigenvalue weighted by Gasteiger charge is -2.25.